The van der Waals surface area contributed by atoms with Gasteiger partial charge in [-0.2, -0.15) is 10.2 Å². The Morgan fingerprint density at radius 2 is 1.11 bits per heavy atom. The molecule has 2 N–H and O–H groups in total. The van der Waals surface area contributed by atoms with Crippen LogP contribution in [0.1, 0.15) is 11.1 Å². The van der Waals surface area contributed by atoms with Gasteiger partial charge in [0.1, 0.15) is 11.5 Å². The molecule has 0 heterocycles. The summed E-state index contributed by atoms with van der Waals surface area (Å²) < 4.78 is 0. The van der Waals surface area contributed by atoms with Crippen LogP contribution in [0.2, 0.25) is 20.1 Å². The van der Waals surface area contributed by atoms with Crippen molar-refractivity contribution in [3.63, 3.8) is 0 Å². The van der Waals surface area contributed by atoms with Crippen LogP contribution in [0.25, 0.3) is 0 Å². The van der Waals surface area contributed by atoms with Gasteiger partial charge in [-0.15, -0.1) is 0 Å². The molecule has 0 aromatic heterocycles. The first kappa shape index (κ1) is 22.4. The molecule has 0 aliphatic heterocycles. The van der Waals surface area contributed by atoms with Crippen molar-refractivity contribution in [2.24, 2.45) is 10.2 Å². The summed E-state index contributed by atoms with van der Waals surface area (Å²) in [6, 6.07) is 6.05. The van der Waals surface area contributed by atoms with E-state index in [-0.39, 0.29) is 21.5 Å². The fourth-order valence-corrected chi connectivity index (χ4v) is 3.11. The molecule has 2 rings (SSSR count). The molecule has 0 atom stereocenters. The fourth-order valence-electron chi connectivity index (χ4n) is 2.10. The number of benzene rings is 2. The molecule has 0 spiro atoms. The Hall–Kier alpha value is -1.86. The van der Waals surface area contributed by atoms with Crippen molar-refractivity contribution in [3.8, 4) is 11.5 Å². The molecule has 0 amide bonds. The first-order valence-electron chi connectivity index (χ1n) is 8.03. The lowest BCUT2D eigenvalue weighted by Gasteiger charge is -2.18. The molecule has 150 valence electrons. The lowest BCUT2D eigenvalue weighted by Crippen LogP contribution is -2.25. The smallest absolute Gasteiger partial charge is 0.143 e. The zero-order valence-electron chi connectivity index (χ0n) is 15.1. The molecule has 0 aliphatic carbocycles. The first-order valence-corrected chi connectivity index (χ1v) is 9.55. The number of likely N-dealkylation sites (N-methyl/N-ethyl adjacent to an activating group) is 2. The van der Waals surface area contributed by atoms with Crippen LogP contribution in [0.15, 0.2) is 34.5 Å². The average Bonchev–Trinajstić information content (AvgIpc) is 2.63. The van der Waals surface area contributed by atoms with Crippen molar-refractivity contribution in [1.29, 1.82) is 0 Å². The van der Waals surface area contributed by atoms with E-state index >= 15 is 0 Å². The molecule has 2 aromatic carbocycles. The van der Waals surface area contributed by atoms with Crippen LogP contribution in [0.5, 0.6) is 11.5 Å². The predicted octanol–water partition coefficient (Wildman–Crippen LogP) is 4.94. The summed E-state index contributed by atoms with van der Waals surface area (Å²) >= 11 is 23.6. The highest BCUT2D eigenvalue weighted by atomic mass is 35.5. The molecular formula is C18H18Cl4N4O2. The second-order valence-electron chi connectivity index (χ2n) is 5.90. The molecule has 0 saturated carbocycles. The van der Waals surface area contributed by atoms with Crippen LogP contribution in [0.3, 0.4) is 0 Å². The van der Waals surface area contributed by atoms with Gasteiger partial charge < -0.3 is 10.2 Å². The zero-order valence-corrected chi connectivity index (χ0v) is 18.1. The molecule has 0 unspecified atom stereocenters. The number of aromatic hydroxyl groups is 2. The summed E-state index contributed by atoms with van der Waals surface area (Å²) in [5, 5.41) is 32.8. The highest BCUT2D eigenvalue weighted by Gasteiger charge is 2.07. The van der Waals surface area contributed by atoms with E-state index in [4.69, 9.17) is 46.4 Å². The first-order chi connectivity index (χ1) is 13.2. The number of hydrogen-bond acceptors (Lipinski definition) is 6. The summed E-state index contributed by atoms with van der Waals surface area (Å²) in [7, 11) is 3.56. The van der Waals surface area contributed by atoms with Gasteiger partial charge in [0.2, 0.25) is 0 Å². The van der Waals surface area contributed by atoms with Crippen LogP contribution >= 0.6 is 46.4 Å². The van der Waals surface area contributed by atoms with E-state index in [1.807, 2.05) is 0 Å². The highest BCUT2D eigenvalue weighted by Crippen LogP contribution is 2.31. The standard InChI is InChI=1S/C18H18Cl4N4O2/c1-25(23-9-11-5-13(19)7-15(21)17(11)27)3-4-26(2)24-10-12-6-14(20)8-16(22)18(12)28/h5-10,27-28H,3-4H2,1-2H3. The van der Waals surface area contributed by atoms with Crippen molar-refractivity contribution < 1.29 is 10.2 Å². The second kappa shape index (κ2) is 10.1. The maximum Gasteiger partial charge on any atom is 0.143 e. The van der Waals surface area contributed by atoms with E-state index < -0.39 is 0 Å². The molecule has 2 aromatic rings. The Morgan fingerprint density at radius 3 is 1.46 bits per heavy atom. The van der Waals surface area contributed by atoms with Crippen molar-refractivity contribution in [2.75, 3.05) is 27.2 Å². The molecule has 28 heavy (non-hydrogen) atoms. The summed E-state index contributed by atoms with van der Waals surface area (Å²) in [4.78, 5) is 0. The normalized spacial score (nSPS) is 11.5. The minimum atomic E-state index is -0.0788. The van der Waals surface area contributed by atoms with Crippen LogP contribution in [0, 0.1) is 0 Å². The maximum atomic E-state index is 9.93. The van der Waals surface area contributed by atoms with Gasteiger partial charge in [0, 0.05) is 35.3 Å². The summed E-state index contributed by atoms with van der Waals surface area (Å²) in [6.07, 6.45) is 2.95. The van der Waals surface area contributed by atoms with Crippen molar-refractivity contribution >= 4 is 58.8 Å². The van der Waals surface area contributed by atoms with Gasteiger partial charge in [-0.05, 0) is 24.3 Å². The molecular weight excluding hydrogens is 446 g/mol. The number of rotatable bonds is 7. The molecule has 6 nitrogen and oxygen atoms in total. The van der Waals surface area contributed by atoms with Gasteiger partial charge in [0.05, 0.1) is 35.6 Å². The van der Waals surface area contributed by atoms with Crippen molar-refractivity contribution in [1.82, 2.24) is 10.0 Å². The van der Waals surface area contributed by atoms with E-state index in [9.17, 15) is 10.2 Å². The summed E-state index contributed by atoms with van der Waals surface area (Å²) in [5.74, 6) is -0.158. The molecule has 0 aliphatic rings. The minimum Gasteiger partial charge on any atom is -0.506 e. The second-order valence-corrected chi connectivity index (χ2v) is 7.59. The van der Waals surface area contributed by atoms with E-state index in [0.717, 1.165) is 0 Å². The molecule has 0 fully saturated rings. The number of hydrazone groups is 2. The summed E-state index contributed by atoms with van der Waals surface area (Å²) in [6.45, 7) is 1.09. The lowest BCUT2D eigenvalue weighted by molar-refractivity contribution is 0.272. The zero-order chi connectivity index (χ0) is 20.8. The quantitative estimate of drug-likeness (QED) is 0.450. The summed E-state index contributed by atoms with van der Waals surface area (Å²) in [5.41, 5.74) is 0.841. The molecule has 0 radical (unpaired) electrons. The highest BCUT2D eigenvalue weighted by molar-refractivity contribution is 6.36. The van der Waals surface area contributed by atoms with Gasteiger partial charge in [-0.25, -0.2) is 0 Å². The molecule has 10 heteroatoms. The number of phenolic OH excluding ortho intramolecular Hbond substituents is 2. The third-order valence-corrected chi connectivity index (χ3v) is 4.66. The SMILES string of the molecule is CN(CCN(C)N=Cc1cc(Cl)cc(Cl)c1O)N=Cc1cc(Cl)cc(Cl)c1O. The fraction of sp³-hybridized carbons (Fsp3) is 0.222. The van der Waals surface area contributed by atoms with Gasteiger partial charge in [-0.1, -0.05) is 46.4 Å². The van der Waals surface area contributed by atoms with Crippen LogP contribution < -0.4 is 0 Å². The Balaban J connectivity index is 1.93. The van der Waals surface area contributed by atoms with E-state index in [0.29, 0.717) is 34.3 Å². The van der Waals surface area contributed by atoms with Crippen LogP contribution in [-0.2, 0) is 0 Å². The van der Waals surface area contributed by atoms with E-state index in [1.165, 1.54) is 24.6 Å². The number of halogens is 4. The number of hydrogen-bond donors (Lipinski definition) is 2. The van der Waals surface area contributed by atoms with Gasteiger partial charge in [0.15, 0.2) is 0 Å². The predicted molar refractivity (Wildman–Crippen MR) is 117 cm³/mol. The average molecular weight is 464 g/mol. The van der Waals surface area contributed by atoms with E-state index in [2.05, 4.69) is 10.2 Å². The number of nitrogens with zero attached hydrogens (tertiary/aromatic N) is 4. The third-order valence-electron chi connectivity index (χ3n) is 3.65. The maximum absolute atomic E-state index is 9.93. The Kier molecular flexibility index (Phi) is 8.07. The minimum absolute atomic E-state index is 0.0788. The lowest BCUT2D eigenvalue weighted by atomic mass is 10.2. The monoisotopic (exact) mass is 462 g/mol. The van der Waals surface area contributed by atoms with Crippen LogP contribution in [-0.4, -0.2) is 59.8 Å². The molecule has 0 saturated heterocycles. The van der Waals surface area contributed by atoms with Crippen molar-refractivity contribution in [3.05, 3.63) is 55.5 Å². The topological polar surface area (TPSA) is 71.7 Å². The van der Waals surface area contributed by atoms with Gasteiger partial charge >= 0.3 is 0 Å². The number of phenols is 2. The van der Waals surface area contributed by atoms with E-state index in [1.54, 1.807) is 36.2 Å². The Morgan fingerprint density at radius 1 is 0.750 bits per heavy atom. The van der Waals surface area contributed by atoms with Gasteiger partial charge in [0.25, 0.3) is 0 Å². The van der Waals surface area contributed by atoms with Crippen LogP contribution in [0.4, 0.5) is 0 Å². The Bertz CT molecular complexity index is 832. The van der Waals surface area contributed by atoms with Gasteiger partial charge in [-0.3, -0.25) is 10.0 Å². The largest absolute Gasteiger partial charge is 0.506 e. The van der Waals surface area contributed by atoms with Crippen molar-refractivity contribution in [2.45, 2.75) is 0 Å². The third kappa shape index (κ3) is 6.34. The molecule has 0 bridgehead atoms. The Labute approximate surface area is 183 Å².